The highest BCUT2D eigenvalue weighted by atomic mass is 79.9. The van der Waals surface area contributed by atoms with Crippen molar-refractivity contribution < 1.29 is 4.39 Å². The Morgan fingerprint density at radius 2 is 2.11 bits per heavy atom. The number of rotatable bonds is 3. The predicted octanol–water partition coefficient (Wildman–Crippen LogP) is 3.94. The molecular formula is C14H19BrFN3. The predicted molar refractivity (Wildman–Crippen MR) is 79.6 cm³/mol. The third-order valence-electron chi connectivity index (χ3n) is 3.07. The van der Waals surface area contributed by atoms with Crippen LogP contribution < -0.4 is 5.73 Å². The second kappa shape index (κ2) is 5.21. The molecule has 3 nitrogen and oxygen atoms in total. The highest BCUT2D eigenvalue weighted by Gasteiger charge is 2.22. The van der Waals surface area contributed by atoms with Crippen molar-refractivity contribution in [3.63, 3.8) is 0 Å². The van der Waals surface area contributed by atoms with E-state index in [1.54, 1.807) is 6.07 Å². The molecule has 2 rings (SSSR count). The lowest BCUT2D eigenvalue weighted by Crippen LogP contribution is -2.20. The number of fused-ring (bicyclic) bond motifs is 1. The van der Waals surface area contributed by atoms with E-state index in [-0.39, 0.29) is 17.2 Å². The van der Waals surface area contributed by atoms with E-state index in [0.29, 0.717) is 16.5 Å². The summed E-state index contributed by atoms with van der Waals surface area (Å²) in [5.41, 5.74) is 7.50. The number of nitrogens with zero attached hydrogens (tertiary/aromatic N) is 1. The average Bonchev–Trinajstić information content (AvgIpc) is 2.68. The normalized spacial score (nSPS) is 14.0. The van der Waals surface area contributed by atoms with Crippen LogP contribution in [-0.4, -0.2) is 16.5 Å². The highest BCUT2D eigenvalue weighted by molar-refractivity contribution is 9.10. The molecule has 1 aromatic carbocycles. The molecule has 0 radical (unpaired) electrons. The van der Waals surface area contributed by atoms with Gasteiger partial charge in [-0.05, 0) is 33.8 Å². The first kappa shape index (κ1) is 14.5. The SMILES string of the molecule is CC(C)(C)CC(CN)c1nc2cc(Br)c(F)cc2[nH]1. The number of nitrogens with two attached hydrogens (primary N) is 1. The van der Waals surface area contributed by atoms with Crippen molar-refractivity contribution in [3.8, 4) is 0 Å². The van der Waals surface area contributed by atoms with Gasteiger partial charge in [-0.15, -0.1) is 0 Å². The fourth-order valence-corrected chi connectivity index (χ4v) is 2.58. The van der Waals surface area contributed by atoms with E-state index in [9.17, 15) is 4.39 Å². The lowest BCUT2D eigenvalue weighted by atomic mass is 9.84. The van der Waals surface area contributed by atoms with Crippen molar-refractivity contribution in [2.45, 2.75) is 33.1 Å². The van der Waals surface area contributed by atoms with Gasteiger partial charge in [-0.1, -0.05) is 20.8 Å². The molecule has 0 aliphatic carbocycles. The second-order valence-corrected chi connectivity index (χ2v) is 6.96. The van der Waals surface area contributed by atoms with Crippen LogP contribution in [-0.2, 0) is 0 Å². The van der Waals surface area contributed by atoms with Gasteiger partial charge < -0.3 is 10.7 Å². The van der Waals surface area contributed by atoms with E-state index in [2.05, 4.69) is 46.7 Å². The van der Waals surface area contributed by atoms with E-state index in [1.807, 2.05) is 0 Å². The summed E-state index contributed by atoms with van der Waals surface area (Å²) in [7, 11) is 0. The molecule has 0 aliphatic heterocycles. The number of aromatic nitrogens is 2. The van der Waals surface area contributed by atoms with E-state index in [4.69, 9.17) is 5.73 Å². The zero-order valence-corrected chi connectivity index (χ0v) is 13.0. The minimum atomic E-state index is -0.289. The first-order valence-electron chi connectivity index (χ1n) is 6.35. The molecule has 0 saturated heterocycles. The molecule has 0 spiro atoms. The van der Waals surface area contributed by atoms with Crippen molar-refractivity contribution in [1.29, 1.82) is 0 Å². The molecule has 1 aromatic heterocycles. The number of nitrogens with one attached hydrogen (secondary N) is 1. The summed E-state index contributed by atoms with van der Waals surface area (Å²) in [5.74, 6) is 0.710. The standard InChI is InChI=1S/C14H19BrFN3/c1-14(2,3)6-8(7-17)13-18-11-4-9(15)10(16)5-12(11)19-13/h4-5,8H,6-7,17H2,1-3H3,(H,18,19). The average molecular weight is 328 g/mol. The molecule has 3 N–H and O–H groups in total. The zero-order valence-electron chi connectivity index (χ0n) is 11.4. The van der Waals surface area contributed by atoms with Crippen LogP contribution in [0.15, 0.2) is 16.6 Å². The Kier molecular flexibility index (Phi) is 3.97. The lowest BCUT2D eigenvalue weighted by Gasteiger charge is -2.23. The van der Waals surface area contributed by atoms with Crippen molar-refractivity contribution in [1.82, 2.24) is 9.97 Å². The van der Waals surface area contributed by atoms with Gasteiger partial charge in [0, 0.05) is 18.5 Å². The second-order valence-electron chi connectivity index (χ2n) is 6.10. The van der Waals surface area contributed by atoms with Crippen LogP contribution in [0.2, 0.25) is 0 Å². The van der Waals surface area contributed by atoms with Gasteiger partial charge in [-0.2, -0.15) is 0 Å². The number of hydrogen-bond donors (Lipinski definition) is 2. The van der Waals surface area contributed by atoms with E-state index in [0.717, 1.165) is 17.8 Å². The van der Waals surface area contributed by atoms with Gasteiger partial charge in [0.2, 0.25) is 0 Å². The maximum Gasteiger partial charge on any atom is 0.139 e. The maximum absolute atomic E-state index is 13.5. The fourth-order valence-electron chi connectivity index (χ4n) is 2.25. The van der Waals surface area contributed by atoms with E-state index >= 15 is 0 Å². The smallest absolute Gasteiger partial charge is 0.139 e. The van der Waals surface area contributed by atoms with Crippen molar-refractivity contribution in [2.24, 2.45) is 11.1 Å². The summed E-state index contributed by atoms with van der Waals surface area (Å²) in [6.45, 7) is 7.05. The molecule has 0 fully saturated rings. The monoisotopic (exact) mass is 327 g/mol. The Morgan fingerprint density at radius 1 is 1.42 bits per heavy atom. The molecule has 5 heteroatoms. The van der Waals surface area contributed by atoms with Gasteiger partial charge in [0.05, 0.1) is 15.5 Å². The van der Waals surface area contributed by atoms with E-state index in [1.165, 1.54) is 6.07 Å². The summed E-state index contributed by atoms with van der Waals surface area (Å²) in [4.78, 5) is 7.72. The quantitative estimate of drug-likeness (QED) is 0.896. The number of H-pyrrole nitrogens is 1. The summed E-state index contributed by atoms with van der Waals surface area (Å²) in [6.07, 6.45) is 0.937. The Morgan fingerprint density at radius 3 is 2.68 bits per heavy atom. The van der Waals surface area contributed by atoms with Crippen LogP contribution >= 0.6 is 15.9 Å². The first-order valence-corrected chi connectivity index (χ1v) is 7.14. The molecule has 19 heavy (non-hydrogen) atoms. The third-order valence-corrected chi connectivity index (χ3v) is 3.68. The van der Waals surface area contributed by atoms with Crippen molar-refractivity contribution >= 4 is 27.0 Å². The minimum absolute atomic E-state index is 0.161. The molecule has 1 unspecified atom stereocenters. The fraction of sp³-hybridized carbons (Fsp3) is 0.500. The minimum Gasteiger partial charge on any atom is -0.342 e. The van der Waals surface area contributed by atoms with Crippen LogP contribution in [0.25, 0.3) is 11.0 Å². The lowest BCUT2D eigenvalue weighted by molar-refractivity contribution is 0.337. The summed E-state index contributed by atoms with van der Waals surface area (Å²) < 4.78 is 13.9. The van der Waals surface area contributed by atoms with Gasteiger partial charge in [-0.25, -0.2) is 9.37 Å². The molecule has 104 valence electrons. The molecule has 1 atom stereocenters. The van der Waals surface area contributed by atoms with Gasteiger partial charge >= 0.3 is 0 Å². The van der Waals surface area contributed by atoms with Gasteiger partial charge in [0.25, 0.3) is 0 Å². The first-order chi connectivity index (χ1) is 8.80. The number of imidazole rings is 1. The van der Waals surface area contributed by atoms with Gasteiger partial charge in [-0.3, -0.25) is 0 Å². The van der Waals surface area contributed by atoms with Crippen molar-refractivity contribution in [3.05, 3.63) is 28.2 Å². The van der Waals surface area contributed by atoms with Crippen LogP contribution in [0.4, 0.5) is 4.39 Å². The van der Waals surface area contributed by atoms with E-state index < -0.39 is 0 Å². The highest BCUT2D eigenvalue weighted by Crippen LogP contribution is 2.31. The maximum atomic E-state index is 13.5. The van der Waals surface area contributed by atoms with Crippen LogP contribution in [0.1, 0.15) is 38.9 Å². The number of aromatic amines is 1. The molecule has 0 aliphatic rings. The number of hydrogen-bond acceptors (Lipinski definition) is 2. The summed E-state index contributed by atoms with van der Waals surface area (Å²) >= 11 is 3.17. The molecular weight excluding hydrogens is 309 g/mol. The molecule has 0 bridgehead atoms. The Bertz CT molecular complexity index is 547. The zero-order chi connectivity index (χ0) is 14.2. The van der Waals surface area contributed by atoms with Gasteiger partial charge in [0.15, 0.2) is 0 Å². The topological polar surface area (TPSA) is 54.7 Å². The Hall–Kier alpha value is -0.940. The van der Waals surface area contributed by atoms with Gasteiger partial charge in [0.1, 0.15) is 11.6 Å². The van der Waals surface area contributed by atoms with Crippen LogP contribution in [0, 0.1) is 11.2 Å². The third kappa shape index (κ3) is 3.34. The molecule has 0 amide bonds. The Labute approximate surface area is 120 Å². The summed E-state index contributed by atoms with van der Waals surface area (Å²) in [5, 5.41) is 0. The van der Waals surface area contributed by atoms with Crippen LogP contribution in [0.5, 0.6) is 0 Å². The molecule has 1 heterocycles. The van der Waals surface area contributed by atoms with Crippen LogP contribution in [0.3, 0.4) is 0 Å². The largest absolute Gasteiger partial charge is 0.342 e. The number of benzene rings is 1. The Balaban J connectivity index is 2.39. The van der Waals surface area contributed by atoms with Crippen molar-refractivity contribution in [2.75, 3.05) is 6.54 Å². The molecule has 2 aromatic rings. The summed E-state index contributed by atoms with van der Waals surface area (Å²) in [6, 6.07) is 3.15. The number of halogens is 2. The molecule has 0 saturated carbocycles.